The number of amides is 2. The van der Waals surface area contributed by atoms with Crippen LogP contribution in [0.25, 0.3) is 0 Å². The molecule has 0 aromatic heterocycles. The highest BCUT2D eigenvalue weighted by Crippen LogP contribution is 2.43. The molecule has 3 rings (SSSR count). The molecule has 2 heterocycles. The SMILES string of the molecule is C=CCOC(=O)C1CC2CC(OS(C)(=O)=O)C1N(C(=O)OC(C)(C)C)C2=O. The minimum absolute atomic E-state index is 0.0370. The summed E-state index contributed by atoms with van der Waals surface area (Å²) in [5.74, 6) is -2.79. The van der Waals surface area contributed by atoms with Gasteiger partial charge in [0.15, 0.2) is 0 Å². The monoisotopic (exact) mass is 403 g/mol. The number of carbonyl (C=O) groups is 3. The molecule has 0 N–H and O–H groups in total. The predicted molar refractivity (Wildman–Crippen MR) is 94.0 cm³/mol. The molecule has 4 unspecified atom stereocenters. The van der Waals surface area contributed by atoms with Gasteiger partial charge in [-0.2, -0.15) is 8.42 Å². The second-order valence-electron chi connectivity index (χ2n) is 7.71. The summed E-state index contributed by atoms with van der Waals surface area (Å²) in [7, 11) is -3.87. The Morgan fingerprint density at radius 1 is 1.30 bits per heavy atom. The number of rotatable bonds is 5. The topological polar surface area (TPSA) is 116 Å². The van der Waals surface area contributed by atoms with Crippen LogP contribution in [0.1, 0.15) is 33.6 Å². The molecule has 3 fully saturated rings. The summed E-state index contributed by atoms with van der Waals surface area (Å²) in [5.41, 5.74) is -0.875. The molecule has 0 spiro atoms. The van der Waals surface area contributed by atoms with E-state index in [1.807, 2.05) is 0 Å². The number of nitrogens with zero attached hydrogens (tertiary/aromatic N) is 1. The maximum Gasteiger partial charge on any atom is 0.417 e. The Hall–Kier alpha value is -1.94. The molecule has 0 aromatic rings. The van der Waals surface area contributed by atoms with Gasteiger partial charge in [0.05, 0.1) is 24.3 Å². The van der Waals surface area contributed by atoms with Gasteiger partial charge in [0.25, 0.3) is 10.1 Å². The zero-order valence-corrected chi connectivity index (χ0v) is 16.7. The number of piperidine rings is 2. The van der Waals surface area contributed by atoms with E-state index in [1.54, 1.807) is 20.8 Å². The van der Waals surface area contributed by atoms with Crippen molar-refractivity contribution in [3.63, 3.8) is 0 Å². The molecule has 2 saturated heterocycles. The number of hydrogen-bond donors (Lipinski definition) is 0. The van der Waals surface area contributed by atoms with Crippen molar-refractivity contribution in [3.8, 4) is 0 Å². The van der Waals surface area contributed by atoms with Crippen LogP contribution >= 0.6 is 0 Å². The van der Waals surface area contributed by atoms with Crippen LogP contribution in [0, 0.1) is 11.8 Å². The first kappa shape index (κ1) is 21.4. The fourth-order valence-electron chi connectivity index (χ4n) is 3.44. The molecule has 0 radical (unpaired) electrons. The van der Waals surface area contributed by atoms with E-state index in [4.69, 9.17) is 13.7 Å². The van der Waals surface area contributed by atoms with Crippen LogP contribution in [0.2, 0.25) is 0 Å². The van der Waals surface area contributed by atoms with Gasteiger partial charge in [0.2, 0.25) is 5.91 Å². The Labute approximate surface area is 158 Å². The second kappa shape index (κ2) is 7.59. The van der Waals surface area contributed by atoms with Crippen molar-refractivity contribution in [1.82, 2.24) is 4.90 Å². The third-order valence-electron chi connectivity index (χ3n) is 4.27. The summed E-state index contributed by atoms with van der Waals surface area (Å²) < 4.78 is 38.7. The standard InChI is InChI=1S/C17H25NO8S/c1-6-7-24-15(20)11-8-10-9-12(26-27(5,22)23)13(11)18(14(10)19)16(21)25-17(2,3)4/h6,10-13H,1,7-9H2,2-5H3. The average Bonchev–Trinajstić information content (AvgIpc) is 2.50. The Morgan fingerprint density at radius 3 is 2.44 bits per heavy atom. The molecule has 1 aliphatic carbocycles. The lowest BCUT2D eigenvalue weighted by atomic mass is 9.70. The molecule has 2 aliphatic heterocycles. The summed E-state index contributed by atoms with van der Waals surface area (Å²) in [6.07, 6.45) is 0.541. The highest BCUT2D eigenvalue weighted by atomic mass is 32.2. The van der Waals surface area contributed by atoms with E-state index in [2.05, 4.69) is 6.58 Å². The van der Waals surface area contributed by atoms with Gasteiger partial charge < -0.3 is 9.47 Å². The molecule has 152 valence electrons. The van der Waals surface area contributed by atoms with Crippen molar-refractivity contribution in [2.75, 3.05) is 12.9 Å². The van der Waals surface area contributed by atoms with Gasteiger partial charge in [-0.15, -0.1) is 0 Å². The van der Waals surface area contributed by atoms with Crippen LogP contribution in [0.4, 0.5) is 4.79 Å². The van der Waals surface area contributed by atoms with Gasteiger partial charge in [-0.1, -0.05) is 12.7 Å². The maximum atomic E-state index is 12.7. The van der Waals surface area contributed by atoms with Gasteiger partial charge >= 0.3 is 12.1 Å². The first-order chi connectivity index (χ1) is 12.3. The lowest BCUT2D eigenvalue weighted by molar-refractivity contribution is -0.170. The summed E-state index contributed by atoms with van der Waals surface area (Å²) in [6, 6.07) is -1.12. The quantitative estimate of drug-likeness (QED) is 0.382. The molecule has 3 aliphatic rings. The number of fused-ring (bicyclic) bond motifs is 3. The third-order valence-corrected chi connectivity index (χ3v) is 4.86. The summed E-state index contributed by atoms with van der Waals surface area (Å²) in [6.45, 7) is 8.34. The molecule has 2 amide bonds. The Balaban J connectivity index is 2.39. The van der Waals surface area contributed by atoms with Crippen LogP contribution in [0.3, 0.4) is 0 Å². The first-order valence-electron chi connectivity index (χ1n) is 8.56. The van der Waals surface area contributed by atoms with Crippen molar-refractivity contribution in [2.24, 2.45) is 11.8 Å². The smallest absolute Gasteiger partial charge is 0.417 e. The molecule has 1 saturated carbocycles. The predicted octanol–water partition coefficient (Wildman–Crippen LogP) is 1.23. The minimum atomic E-state index is -3.87. The summed E-state index contributed by atoms with van der Waals surface area (Å²) in [4.78, 5) is 38.5. The summed E-state index contributed by atoms with van der Waals surface area (Å²) >= 11 is 0. The van der Waals surface area contributed by atoms with E-state index in [9.17, 15) is 22.8 Å². The van der Waals surface area contributed by atoms with Gasteiger partial charge in [0.1, 0.15) is 12.2 Å². The van der Waals surface area contributed by atoms with Crippen molar-refractivity contribution in [1.29, 1.82) is 0 Å². The Kier molecular flexibility index (Phi) is 6.00. The molecule has 9 nitrogen and oxygen atoms in total. The molecular weight excluding hydrogens is 378 g/mol. The van der Waals surface area contributed by atoms with Crippen LogP contribution in [0.15, 0.2) is 12.7 Å². The molecule has 27 heavy (non-hydrogen) atoms. The van der Waals surface area contributed by atoms with E-state index >= 15 is 0 Å². The highest BCUT2D eigenvalue weighted by Gasteiger charge is 2.58. The van der Waals surface area contributed by atoms with Crippen LogP contribution in [0.5, 0.6) is 0 Å². The third kappa shape index (κ3) is 5.07. The van der Waals surface area contributed by atoms with Gasteiger partial charge in [-0.25, -0.2) is 9.69 Å². The van der Waals surface area contributed by atoms with Gasteiger partial charge in [0, 0.05) is 5.92 Å². The molecule has 4 atom stereocenters. The van der Waals surface area contributed by atoms with Crippen molar-refractivity contribution >= 4 is 28.1 Å². The number of carbonyl (C=O) groups excluding carboxylic acids is 3. The van der Waals surface area contributed by atoms with E-state index in [0.29, 0.717) is 0 Å². The first-order valence-corrected chi connectivity index (χ1v) is 10.4. The number of esters is 1. The summed E-state index contributed by atoms with van der Waals surface area (Å²) in [5, 5.41) is 0. The van der Waals surface area contributed by atoms with E-state index in [0.717, 1.165) is 11.2 Å². The highest BCUT2D eigenvalue weighted by molar-refractivity contribution is 7.86. The molecule has 0 aromatic carbocycles. The lowest BCUT2D eigenvalue weighted by Crippen LogP contribution is -2.67. The number of imide groups is 1. The largest absolute Gasteiger partial charge is 0.461 e. The fourth-order valence-corrected chi connectivity index (χ4v) is 4.08. The maximum absolute atomic E-state index is 12.7. The van der Waals surface area contributed by atoms with Crippen molar-refractivity contribution in [2.45, 2.75) is 51.4 Å². The Bertz CT molecular complexity index is 739. The van der Waals surface area contributed by atoms with Crippen LogP contribution in [-0.2, 0) is 33.4 Å². The lowest BCUT2D eigenvalue weighted by Gasteiger charge is -2.50. The average molecular weight is 403 g/mol. The number of ether oxygens (including phenoxy) is 2. The van der Waals surface area contributed by atoms with Crippen LogP contribution in [-0.4, -0.2) is 61.9 Å². The fraction of sp³-hybridized carbons (Fsp3) is 0.706. The van der Waals surface area contributed by atoms with Gasteiger partial charge in [-0.3, -0.25) is 13.8 Å². The molecule has 10 heteroatoms. The van der Waals surface area contributed by atoms with Gasteiger partial charge in [-0.05, 0) is 33.6 Å². The van der Waals surface area contributed by atoms with E-state index in [-0.39, 0.29) is 19.4 Å². The van der Waals surface area contributed by atoms with Crippen molar-refractivity contribution < 1.29 is 36.5 Å². The molecular formula is C17H25NO8S. The van der Waals surface area contributed by atoms with E-state index < -0.39 is 57.7 Å². The zero-order chi connectivity index (χ0) is 20.6. The van der Waals surface area contributed by atoms with Crippen molar-refractivity contribution in [3.05, 3.63) is 12.7 Å². The number of hydrogen-bond acceptors (Lipinski definition) is 8. The molecule has 2 bridgehead atoms. The van der Waals surface area contributed by atoms with E-state index in [1.165, 1.54) is 6.08 Å². The minimum Gasteiger partial charge on any atom is -0.461 e. The Morgan fingerprint density at radius 2 is 1.93 bits per heavy atom. The second-order valence-corrected chi connectivity index (χ2v) is 9.31. The zero-order valence-electron chi connectivity index (χ0n) is 15.8. The normalized spacial score (nSPS) is 28.0. The van der Waals surface area contributed by atoms with Crippen LogP contribution < -0.4 is 0 Å².